The van der Waals surface area contributed by atoms with Gasteiger partial charge in [-0.3, -0.25) is 14.9 Å². The number of methoxy groups -OCH3 is 1. The molecular weight excluding hydrogens is 404 g/mol. The van der Waals surface area contributed by atoms with E-state index in [0.717, 1.165) is 19.4 Å². The summed E-state index contributed by atoms with van der Waals surface area (Å²) in [5.41, 5.74) is 1.14. The number of rotatable bonds is 8. The number of hydrogen-bond acceptors (Lipinski definition) is 7. The van der Waals surface area contributed by atoms with Crippen LogP contribution >= 0.6 is 0 Å². The first-order chi connectivity index (χ1) is 15.0. The molecule has 1 unspecified atom stereocenters. The van der Waals surface area contributed by atoms with Crippen LogP contribution in [-0.2, 0) is 16.1 Å². The van der Waals surface area contributed by atoms with E-state index in [4.69, 9.17) is 14.2 Å². The molecule has 3 aromatic rings. The molecule has 1 aliphatic rings. The molecule has 10 nitrogen and oxygen atoms in total. The van der Waals surface area contributed by atoms with E-state index in [1.807, 2.05) is 0 Å². The maximum atomic E-state index is 12.7. The highest BCUT2D eigenvalue weighted by molar-refractivity contribution is 5.93. The molecule has 0 aliphatic carbocycles. The number of imidazole rings is 1. The molecule has 0 spiro atoms. The summed E-state index contributed by atoms with van der Waals surface area (Å²) in [6.07, 6.45) is 3.46. The van der Waals surface area contributed by atoms with Crippen molar-refractivity contribution in [1.29, 1.82) is 0 Å². The van der Waals surface area contributed by atoms with Crippen molar-refractivity contribution in [2.75, 3.05) is 25.6 Å². The predicted octanol–water partition coefficient (Wildman–Crippen LogP) is 3.15. The van der Waals surface area contributed by atoms with Crippen LogP contribution in [0.3, 0.4) is 0 Å². The average Bonchev–Trinajstić information content (AvgIpc) is 3.42. The van der Waals surface area contributed by atoms with Crippen molar-refractivity contribution in [3.63, 3.8) is 0 Å². The SMILES string of the molecule is COc1cc(NC(=O)Cn2cnc3cccc([N+](=O)[O-])c32)cc(OCC2CCCO2)c1. The summed E-state index contributed by atoms with van der Waals surface area (Å²) >= 11 is 0. The molecule has 2 heterocycles. The Morgan fingerprint density at radius 2 is 2.19 bits per heavy atom. The Morgan fingerprint density at radius 1 is 1.35 bits per heavy atom. The van der Waals surface area contributed by atoms with Gasteiger partial charge in [-0.2, -0.15) is 0 Å². The second-order valence-electron chi connectivity index (χ2n) is 7.17. The first-order valence-electron chi connectivity index (χ1n) is 9.85. The summed E-state index contributed by atoms with van der Waals surface area (Å²) in [6, 6.07) is 9.72. The number of benzene rings is 2. The molecule has 0 saturated carbocycles. The predicted molar refractivity (Wildman–Crippen MR) is 112 cm³/mol. The van der Waals surface area contributed by atoms with Crippen LogP contribution in [0.1, 0.15) is 12.8 Å². The van der Waals surface area contributed by atoms with Gasteiger partial charge in [-0.25, -0.2) is 4.98 Å². The molecule has 1 fully saturated rings. The fraction of sp³-hybridized carbons (Fsp3) is 0.333. The lowest BCUT2D eigenvalue weighted by Crippen LogP contribution is -2.19. The van der Waals surface area contributed by atoms with Crippen LogP contribution in [0.25, 0.3) is 11.0 Å². The third-order valence-corrected chi connectivity index (χ3v) is 4.99. The lowest BCUT2D eigenvalue weighted by molar-refractivity contribution is -0.383. The van der Waals surface area contributed by atoms with Crippen LogP contribution in [0, 0.1) is 10.1 Å². The number of carbonyl (C=O) groups is 1. The maximum absolute atomic E-state index is 12.7. The van der Waals surface area contributed by atoms with Gasteiger partial charge in [-0.1, -0.05) is 6.07 Å². The number of anilines is 1. The van der Waals surface area contributed by atoms with Crippen molar-refractivity contribution in [2.24, 2.45) is 0 Å². The monoisotopic (exact) mass is 426 g/mol. The van der Waals surface area contributed by atoms with Crippen molar-refractivity contribution >= 4 is 28.3 Å². The molecule has 1 N–H and O–H groups in total. The van der Waals surface area contributed by atoms with Crippen molar-refractivity contribution < 1.29 is 23.9 Å². The lowest BCUT2D eigenvalue weighted by atomic mass is 10.2. The van der Waals surface area contributed by atoms with Gasteiger partial charge >= 0.3 is 0 Å². The van der Waals surface area contributed by atoms with Gasteiger partial charge in [0.25, 0.3) is 5.69 Å². The average molecular weight is 426 g/mol. The number of nitrogens with zero attached hydrogens (tertiary/aromatic N) is 3. The van der Waals surface area contributed by atoms with Crippen molar-refractivity contribution in [1.82, 2.24) is 9.55 Å². The van der Waals surface area contributed by atoms with Crippen LogP contribution in [0.4, 0.5) is 11.4 Å². The second-order valence-corrected chi connectivity index (χ2v) is 7.17. The smallest absolute Gasteiger partial charge is 0.295 e. The zero-order chi connectivity index (χ0) is 21.8. The largest absolute Gasteiger partial charge is 0.497 e. The van der Waals surface area contributed by atoms with E-state index < -0.39 is 4.92 Å². The third kappa shape index (κ3) is 4.75. The van der Waals surface area contributed by atoms with Gasteiger partial charge in [0.1, 0.15) is 30.2 Å². The van der Waals surface area contributed by atoms with Crippen molar-refractivity contribution in [3.05, 3.63) is 52.8 Å². The molecule has 1 saturated heterocycles. The summed E-state index contributed by atoms with van der Waals surface area (Å²) in [5.74, 6) is 0.716. The summed E-state index contributed by atoms with van der Waals surface area (Å²) in [6.45, 7) is 1.03. The Labute approximate surface area is 177 Å². The van der Waals surface area contributed by atoms with Crippen molar-refractivity contribution in [2.45, 2.75) is 25.5 Å². The van der Waals surface area contributed by atoms with Gasteiger partial charge in [0.2, 0.25) is 5.91 Å². The van der Waals surface area contributed by atoms with Gasteiger partial charge in [-0.15, -0.1) is 0 Å². The van der Waals surface area contributed by atoms with Crippen LogP contribution in [0.5, 0.6) is 11.5 Å². The standard InChI is InChI=1S/C21H22N4O6/c1-29-16-8-14(9-17(10-16)31-12-15-4-3-7-30-15)23-20(26)11-24-13-22-18-5-2-6-19(21(18)24)25(27)28/h2,5-6,8-10,13,15H,3-4,7,11-12H2,1H3,(H,23,26). The number of carbonyl (C=O) groups excluding carboxylic acids is 1. The number of fused-ring (bicyclic) bond motifs is 1. The van der Waals surface area contributed by atoms with E-state index in [1.54, 1.807) is 30.3 Å². The number of nitro benzene ring substituents is 1. The molecule has 1 amide bonds. The van der Waals surface area contributed by atoms with E-state index >= 15 is 0 Å². The molecule has 0 bridgehead atoms. The highest BCUT2D eigenvalue weighted by Gasteiger charge is 2.19. The summed E-state index contributed by atoms with van der Waals surface area (Å²) in [7, 11) is 1.53. The first-order valence-corrected chi connectivity index (χ1v) is 9.85. The fourth-order valence-corrected chi connectivity index (χ4v) is 3.54. The molecule has 10 heteroatoms. The Hall–Kier alpha value is -3.66. The Balaban J connectivity index is 1.48. The number of non-ortho nitro benzene ring substituents is 1. The Kier molecular flexibility index (Phi) is 5.99. The number of nitrogens with one attached hydrogen (secondary N) is 1. The lowest BCUT2D eigenvalue weighted by Gasteiger charge is -2.14. The Bertz CT molecular complexity index is 1110. The highest BCUT2D eigenvalue weighted by Crippen LogP contribution is 2.28. The number of nitro groups is 1. The third-order valence-electron chi connectivity index (χ3n) is 4.99. The molecule has 31 heavy (non-hydrogen) atoms. The van der Waals surface area contributed by atoms with Crippen LogP contribution in [0.2, 0.25) is 0 Å². The van der Waals surface area contributed by atoms with E-state index in [2.05, 4.69) is 10.3 Å². The highest BCUT2D eigenvalue weighted by atomic mass is 16.6. The van der Waals surface area contributed by atoms with Gasteiger partial charge in [0, 0.05) is 36.6 Å². The van der Waals surface area contributed by atoms with Gasteiger partial charge in [0.05, 0.1) is 30.0 Å². The number of ether oxygens (including phenoxy) is 3. The zero-order valence-corrected chi connectivity index (χ0v) is 16.9. The number of hydrogen-bond donors (Lipinski definition) is 1. The minimum atomic E-state index is -0.488. The van der Waals surface area contributed by atoms with Crippen molar-refractivity contribution in [3.8, 4) is 11.5 Å². The second kappa shape index (κ2) is 9.00. The topological polar surface area (TPSA) is 118 Å². The van der Waals surface area contributed by atoms with E-state index in [0.29, 0.717) is 34.8 Å². The fourth-order valence-electron chi connectivity index (χ4n) is 3.54. The number of para-hydroxylation sites is 1. The van der Waals surface area contributed by atoms with E-state index in [-0.39, 0.29) is 24.2 Å². The molecule has 1 aliphatic heterocycles. The van der Waals surface area contributed by atoms with Gasteiger partial charge < -0.3 is 24.1 Å². The van der Waals surface area contributed by atoms with Gasteiger partial charge in [0.15, 0.2) is 0 Å². The van der Waals surface area contributed by atoms with Crippen LogP contribution in [-0.4, -0.2) is 46.8 Å². The maximum Gasteiger partial charge on any atom is 0.295 e. The summed E-state index contributed by atoms with van der Waals surface area (Å²) in [5, 5.41) is 14.1. The molecule has 1 atom stereocenters. The summed E-state index contributed by atoms with van der Waals surface area (Å²) in [4.78, 5) is 27.6. The minimum Gasteiger partial charge on any atom is -0.497 e. The van der Waals surface area contributed by atoms with E-state index in [9.17, 15) is 14.9 Å². The molecule has 4 rings (SSSR count). The molecule has 1 aromatic heterocycles. The van der Waals surface area contributed by atoms with Crippen LogP contribution < -0.4 is 14.8 Å². The quantitative estimate of drug-likeness (QED) is 0.434. The van der Waals surface area contributed by atoms with E-state index in [1.165, 1.54) is 24.1 Å². The first kappa shape index (κ1) is 20.6. The molecule has 162 valence electrons. The minimum absolute atomic E-state index is 0.0644. The zero-order valence-electron chi connectivity index (χ0n) is 16.9. The van der Waals surface area contributed by atoms with Gasteiger partial charge in [-0.05, 0) is 18.9 Å². The normalized spacial score (nSPS) is 15.7. The Morgan fingerprint density at radius 3 is 2.94 bits per heavy atom. The molecule has 0 radical (unpaired) electrons. The number of amides is 1. The number of aromatic nitrogens is 2. The molecule has 2 aromatic carbocycles. The molecular formula is C21H22N4O6. The van der Waals surface area contributed by atoms with Crippen LogP contribution in [0.15, 0.2) is 42.7 Å². The summed E-state index contributed by atoms with van der Waals surface area (Å²) < 4.78 is 18.1.